The third kappa shape index (κ3) is 1.54. The molecule has 1 aromatic heterocycles. The third-order valence-electron chi connectivity index (χ3n) is 2.46. The summed E-state index contributed by atoms with van der Waals surface area (Å²) in [7, 11) is 0. The fourth-order valence-electron chi connectivity index (χ4n) is 1.85. The summed E-state index contributed by atoms with van der Waals surface area (Å²) < 4.78 is 0. The van der Waals surface area contributed by atoms with Gasteiger partial charge in [0.05, 0.1) is 11.7 Å². The fourth-order valence-corrected chi connectivity index (χ4v) is 1.85. The lowest BCUT2D eigenvalue weighted by atomic mass is 9.92. The first-order chi connectivity index (χ1) is 6.42. The van der Waals surface area contributed by atoms with Gasteiger partial charge in [-0.1, -0.05) is 6.07 Å². The molecule has 0 aliphatic heterocycles. The predicted octanol–water partition coefficient (Wildman–Crippen LogP) is 1.20. The highest BCUT2D eigenvalue weighted by Crippen LogP contribution is 2.26. The molecule has 1 heterocycles. The maximum absolute atomic E-state index is 10.3. The van der Waals surface area contributed by atoms with Crippen LogP contribution in [0.3, 0.4) is 0 Å². The van der Waals surface area contributed by atoms with E-state index in [2.05, 4.69) is 16.4 Å². The first-order valence-corrected chi connectivity index (χ1v) is 4.55. The van der Waals surface area contributed by atoms with Gasteiger partial charge < -0.3 is 5.32 Å². The van der Waals surface area contributed by atoms with Crippen molar-refractivity contribution in [3.63, 3.8) is 0 Å². The van der Waals surface area contributed by atoms with Gasteiger partial charge in [0.2, 0.25) is 6.41 Å². The lowest BCUT2D eigenvalue weighted by molar-refractivity contribution is -0.110. The maximum atomic E-state index is 10.3. The molecule has 1 aliphatic carbocycles. The van der Waals surface area contributed by atoms with Crippen molar-refractivity contribution in [2.45, 2.75) is 25.3 Å². The Morgan fingerprint density at radius 2 is 2.54 bits per heavy atom. The lowest BCUT2D eigenvalue weighted by Crippen LogP contribution is -2.24. The number of pyridine rings is 1. The van der Waals surface area contributed by atoms with Crippen molar-refractivity contribution in [3.05, 3.63) is 29.6 Å². The lowest BCUT2D eigenvalue weighted by Gasteiger charge is -2.23. The van der Waals surface area contributed by atoms with Gasteiger partial charge >= 0.3 is 0 Å². The maximum Gasteiger partial charge on any atom is 0.207 e. The van der Waals surface area contributed by atoms with Crippen LogP contribution in [0.25, 0.3) is 0 Å². The zero-order chi connectivity index (χ0) is 9.10. The molecule has 0 aromatic carbocycles. The summed E-state index contributed by atoms with van der Waals surface area (Å²) >= 11 is 0. The number of rotatable bonds is 2. The molecule has 1 N–H and O–H groups in total. The van der Waals surface area contributed by atoms with E-state index in [9.17, 15) is 4.79 Å². The average Bonchev–Trinajstić information content (AvgIpc) is 2.19. The van der Waals surface area contributed by atoms with E-state index in [0.717, 1.165) is 31.4 Å². The number of nitrogens with zero attached hydrogens (tertiary/aromatic N) is 1. The molecule has 1 aromatic rings. The zero-order valence-corrected chi connectivity index (χ0v) is 7.36. The second-order valence-electron chi connectivity index (χ2n) is 3.28. The monoisotopic (exact) mass is 176 g/mol. The van der Waals surface area contributed by atoms with Crippen molar-refractivity contribution in [2.75, 3.05) is 0 Å². The molecule has 0 saturated heterocycles. The van der Waals surface area contributed by atoms with E-state index in [1.54, 1.807) is 6.20 Å². The van der Waals surface area contributed by atoms with Crippen molar-refractivity contribution in [1.29, 1.82) is 0 Å². The van der Waals surface area contributed by atoms with Crippen molar-refractivity contribution in [2.24, 2.45) is 0 Å². The SMILES string of the molecule is O=CNC1CCCc2cccnc21. The van der Waals surface area contributed by atoms with Gasteiger partial charge in [-0.2, -0.15) is 0 Å². The van der Waals surface area contributed by atoms with Gasteiger partial charge in [-0.15, -0.1) is 0 Å². The predicted molar refractivity (Wildman–Crippen MR) is 49.1 cm³/mol. The minimum absolute atomic E-state index is 0.127. The molecule has 0 fully saturated rings. The van der Waals surface area contributed by atoms with Gasteiger partial charge in [0.15, 0.2) is 0 Å². The molecule has 0 radical (unpaired) electrons. The first-order valence-electron chi connectivity index (χ1n) is 4.55. The van der Waals surface area contributed by atoms with Crippen molar-refractivity contribution < 1.29 is 4.79 Å². The van der Waals surface area contributed by atoms with E-state index in [4.69, 9.17) is 0 Å². The van der Waals surface area contributed by atoms with Crippen LogP contribution in [0.5, 0.6) is 0 Å². The molecule has 3 heteroatoms. The Bertz CT molecular complexity index is 312. The molecule has 13 heavy (non-hydrogen) atoms. The van der Waals surface area contributed by atoms with Gasteiger partial charge in [0.25, 0.3) is 0 Å². The number of nitrogens with one attached hydrogen (secondary N) is 1. The fraction of sp³-hybridized carbons (Fsp3) is 0.400. The molecular weight excluding hydrogens is 164 g/mol. The molecule has 2 rings (SSSR count). The molecule has 1 unspecified atom stereocenters. The van der Waals surface area contributed by atoms with Crippen molar-refractivity contribution >= 4 is 6.41 Å². The van der Waals surface area contributed by atoms with Gasteiger partial charge in [0, 0.05) is 6.20 Å². The number of hydrogen-bond acceptors (Lipinski definition) is 2. The number of carbonyl (C=O) groups excluding carboxylic acids is 1. The van der Waals surface area contributed by atoms with Crippen LogP contribution in [0.1, 0.15) is 30.1 Å². The summed E-state index contributed by atoms with van der Waals surface area (Å²) in [6, 6.07) is 4.16. The van der Waals surface area contributed by atoms with Crippen LogP contribution in [-0.4, -0.2) is 11.4 Å². The molecule has 0 saturated carbocycles. The van der Waals surface area contributed by atoms with Crippen LogP contribution < -0.4 is 5.32 Å². The second kappa shape index (κ2) is 3.56. The molecule has 0 bridgehead atoms. The molecule has 1 atom stereocenters. The van der Waals surface area contributed by atoms with Gasteiger partial charge in [0.1, 0.15) is 0 Å². The summed E-state index contributed by atoms with van der Waals surface area (Å²) in [4.78, 5) is 14.6. The molecule has 1 aliphatic rings. The number of aromatic nitrogens is 1. The zero-order valence-electron chi connectivity index (χ0n) is 7.36. The average molecular weight is 176 g/mol. The van der Waals surface area contributed by atoms with E-state index >= 15 is 0 Å². The normalized spacial score (nSPS) is 20.5. The smallest absolute Gasteiger partial charge is 0.207 e. The van der Waals surface area contributed by atoms with Crippen LogP contribution >= 0.6 is 0 Å². The number of fused-ring (bicyclic) bond motifs is 1. The van der Waals surface area contributed by atoms with Crippen molar-refractivity contribution in [1.82, 2.24) is 10.3 Å². The summed E-state index contributed by atoms with van der Waals surface area (Å²) in [6.45, 7) is 0. The van der Waals surface area contributed by atoms with E-state index in [1.165, 1.54) is 5.56 Å². The first kappa shape index (κ1) is 8.23. The second-order valence-corrected chi connectivity index (χ2v) is 3.28. The van der Waals surface area contributed by atoms with Crippen LogP contribution in [0.4, 0.5) is 0 Å². The summed E-state index contributed by atoms with van der Waals surface area (Å²) in [5.74, 6) is 0. The molecular formula is C10H12N2O. The summed E-state index contributed by atoms with van der Waals surface area (Å²) in [6.07, 6.45) is 5.76. The highest BCUT2D eigenvalue weighted by molar-refractivity contribution is 5.48. The largest absolute Gasteiger partial charge is 0.350 e. The van der Waals surface area contributed by atoms with Crippen LogP contribution in [0.2, 0.25) is 0 Å². The molecule has 68 valence electrons. The van der Waals surface area contributed by atoms with Crippen LogP contribution in [-0.2, 0) is 11.2 Å². The number of aryl methyl sites for hydroxylation is 1. The highest BCUT2D eigenvalue weighted by atomic mass is 16.1. The Labute approximate surface area is 77.2 Å². The van der Waals surface area contributed by atoms with E-state index < -0.39 is 0 Å². The highest BCUT2D eigenvalue weighted by Gasteiger charge is 2.19. The number of hydrogen-bond donors (Lipinski definition) is 1. The molecule has 3 nitrogen and oxygen atoms in total. The summed E-state index contributed by atoms with van der Waals surface area (Å²) in [5.41, 5.74) is 2.31. The third-order valence-corrected chi connectivity index (χ3v) is 2.46. The Hall–Kier alpha value is -1.38. The molecule has 0 spiro atoms. The number of carbonyl (C=O) groups is 1. The topological polar surface area (TPSA) is 42.0 Å². The Balaban J connectivity index is 2.31. The van der Waals surface area contributed by atoms with Crippen molar-refractivity contribution in [3.8, 4) is 0 Å². The van der Waals surface area contributed by atoms with Gasteiger partial charge in [-0.25, -0.2) is 0 Å². The quantitative estimate of drug-likeness (QED) is 0.688. The van der Waals surface area contributed by atoms with E-state index in [0.29, 0.717) is 0 Å². The number of amides is 1. The molecule has 1 amide bonds. The van der Waals surface area contributed by atoms with Gasteiger partial charge in [-0.3, -0.25) is 9.78 Å². The van der Waals surface area contributed by atoms with Crippen LogP contribution in [0, 0.1) is 0 Å². The Kier molecular flexibility index (Phi) is 2.25. The van der Waals surface area contributed by atoms with E-state index in [1.807, 2.05) is 6.07 Å². The standard InChI is InChI=1S/C10H12N2O/c13-7-12-9-5-1-3-8-4-2-6-11-10(8)9/h2,4,6-7,9H,1,3,5H2,(H,12,13). The summed E-state index contributed by atoms with van der Waals surface area (Å²) in [5, 5.41) is 2.80. The Morgan fingerprint density at radius 3 is 3.38 bits per heavy atom. The Morgan fingerprint density at radius 1 is 1.62 bits per heavy atom. The van der Waals surface area contributed by atoms with Crippen LogP contribution in [0.15, 0.2) is 18.3 Å². The minimum Gasteiger partial charge on any atom is -0.350 e. The van der Waals surface area contributed by atoms with Gasteiger partial charge in [-0.05, 0) is 30.9 Å². The van der Waals surface area contributed by atoms with E-state index in [-0.39, 0.29) is 6.04 Å². The minimum atomic E-state index is 0.127.